The maximum absolute atomic E-state index is 5.01. The first-order valence-electron chi connectivity index (χ1n) is 9.78. The Balaban J connectivity index is 1.69. The van der Waals surface area contributed by atoms with E-state index >= 15 is 0 Å². The number of fused-ring (bicyclic) bond motifs is 1. The average molecular weight is 375 g/mol. The minimum atomic E-state index is -0.0621. The van der Waals surface area contributed by atoms with E-state index in [4.69, 9.17) is 9.98 Å². The molecule has 4 aromatic rings. The van der Waals surface area contributed by atoms with Gasteiger partial charge in [0.2, 0.25) is 0 Å². The Morgan fingerprint density at radius 3 is 1.97 bits per heavy atom. The van der Waals surface area contributed by atoms with Crippen LogP contribution in [0, 0.1) is 0 Å². The van der Waals surface area contributed by atoms with Crippen molar-refractivity contribution in [3.8, 4) is 11.4 Å². The molecule has 1 aliphatic rings. The minimum Gasteiger partial charge on any atom is -0.326 e. The van der Waals surface area contributed by atoms with E-state index in [1.165, 1.54) is 11.1 Å². The van der Waals surface area contributed by atoms with E-state index in [9.17, 15) is 0 Å². The number of aliphatic imine (C=N–C) groups is 1. The highest BCUT2D eigenvalue weighted by Crippen LogP contribution is 2.37. The van der Waals surface area contributed by atoms with E-state index in [1.54, 1.807) is 0 Å². The number of aromatic nitrogens is 2. The molecule has 0 saturated heterocycles. The van der Waals surface area contributed by atoms with E-state index in [0.29, 0.717) is 0 Å². The molecule has 3 aromatic carbocycles. The van der Waals surface area contributed by atoms with Crippen LogP contribution < -0.4 is 0 Å². The van der Waals surface area contributed by atoms with Crippen LogP contribution in [0.15, 0.2) is 96.0 Å². The summed E-state index contributed by atoms with van der Waals surface area (Å²) in [5.74, 6) is 0.948. The lowest BCUT2D eigenvalue weighted by atomic mass is 9.93. The molecule has 1 aromatic heterocycles. The molecule has 0 saturated carbocycles. The van der Waals surface area contributed by atoms with Crippen molar-refractivity contribution >= 4 is 17.9 Å². The third kappa shape index (κ3) is 3.21. The van der Waals surface area contributed by atoms with Gasteiger partial charge in [-0.1, -0.05) is 91.0 Å². The number of hydrogen-bond acceptors (Lipinski definition) is 2. The molecule has 0 bridgehead atoms. The van der Waals surface area contributed by atoms with E-state index in [2.05, 4.69) is 78.4 Å². The van der Waals surface area contributed by atoms with Gasteiger partial charge in [-0.25, -0.2) is 4.98 Å². The minimum absolute atomic E-state index is 0.0621. The van der Waals surface area contributed by atoms with Gasteiger partial charge >= 0.3 is 0 Å². The molecule has 3 nitrogen and oxygen atoms in total. The van der Waals surface area contributed by atoms with Gasteiger partial charge in [-0.05, 0) is 22.8 Å². The van der Waals surface area contributed by atoms with Crippen LogP contribution in [-0.4, -0.2) is 15.8 Å². The van der Waals surface area contributed by atoms with Crippen LogP contribution in [0.1, 0.15) is 28.6 Å². The molecule has 0 unspecified atom stereocenters. The maximum Gasteiger partial charge on any atom is 0.140 e. The highest BCUT2D eigenvalue weighted by molar-refractivity contribution is 5.94. The maximum atomic E-state index is 5.01. The quantitative estimate of drug-likeness (QED) is 0.445. The van der Waals surface area contributed by atoms with Crippen LogP contribution in [0.2, 0.25) is 0 Å². The third-order valence-electron chi connectivity index (χ3n) is 5.35. The van der Waals surface area contributed by atoms with Crippen molar-refractivity contribution in [3.05, 3.63) is 114 Å². The van der Waals surface area contributed by atoms with Gasteiger partial charge in [-0.2, -0.15) is 0 Å². The highest BCUT2D eigenvalue weighted by Gasteiger charge is 2.23. The lowest BCUT2D eigenvalue weighted by molar-refractivity contribution is 0.906. The molecule has 3 heteroatoms. The Labute approximate surface area is 170 Å². The largest absolute Gasteiger partial charge is 0.326 e. The Hall–Kier alpha value is -3.72. The van der Waals surface area contributed by atoms with Crippen LogP contribution >= 0.6 is 0 Å². The summed E-state index contributed by atoms with van der Waals surface area (Å²) in [4.78, 5) is 9.99. The van der Waals surface area contributed by atoms with Gasteiger partial charge in [-0.15, -0.1) is 0 Å². The SMILES string of the molecule is Cn1c(-c2ccccc2)nc2c1C=N[C@H](c1ccccc1)C(c1ccccc1)=C2. The molecular formula is C26H21N3. The van der Waals surface area contributed by atoms with Crippen LogP contribution in [0.25, 0.3) is 23.0 Å². The molecule has 0 spiro atoms. The second-order valence-corrected chi connectivity index (χ2v) is 7.19. The predicted molar refractivity (Wildman–Crippen MR) is 120 cm³/mol. The zero-order valence-electron chi connectivity index (χ0n) is 16.2. The molecule has 140 valence electrons. The van der Waals surface area contributed by atoms with Crippen LogP contribution in [0.5, 0.6) is 0 Å². The fourth-order valence-electron chi connectivity index (χ4n) is 3.86. The van der Waals surface area contributed by atoms with Gasteiger partial charge in [0.25, 0.3) is 0 Å². The Kier molecular flexibility index (Phi) is 4.41. The first-order valence-corrected chi connectivity index (χ1v) is 9.78. The number of benzene rings is 3. The molecule has 5 rings (SSSR count). The van der Waals surface area contributed by atoms with Crippen LogP contribution in [0.4, 0.5) is 0 Å². The van der Waals surface area contributed by atoms with Gasteiger partial charge in [0.1, 0.15) is 11.9 Å². The Morgan fingerprint density at radius 2 is 1.31 bits per heavy atom. The number of nitrogens with zero attached hydrogens (tertiary/aromatic N) is 3. The molecule has 2 heterocycles. The number of imidazole rings is 1. The van der Waals surface area contributed by atoms with Crippen molar-refractivity contribution in [2.75, 3.05) is 0 Å². The standard InChI is InChI=1S/C26H21N3/c1-29-24-18-27-25(20-13-7-3-8-14-20)22(19-11-5-2-6-12-19)17-23(24)28-26(29)21-15-9-4-10-16-21/h2-18,25H,1H3/t25-/m1/s1. The second kappa shape index (κ2) is 7.36. The lowest BCUT2D eigenvalue weighted by Gasteiger charge is -2.16. The van der Waals surface area contributed by atoms with E-state index in [0.717, 1.165) is 28.3 Å². The Morgan fingerprint density at radius 1 is 0.724 bits per heavy atom. The van der Waals surface area contributed by atoms with Crippen LogP contribution in [0.3, 0.4) is 0 Å². The molecule has 0 radical (unpaired) electrons. The van der Waals surface area contributed by atoms with E-state index in [1.807, 2.05) is 36.5 Å². The van der Waals surface area contributed by atoms with Gasteiger partial charge < -0.3 is 4.57 Å². The van der Waals surface area contributed by atoms with Crippen molar-refractivity contribution in [2.24, 2.45) is 12.0 Å². The second-order valence-electron chi connectivity index (χ2n) is 7.19. The normalized spacial score (nSPS) is 15.5. The van der Waals surface area contributed by atoms with Gasteiger partial charge in [-0.3, -0.25) is 4.99 Å². The van der Waals surface area contributed by atoms with Crippen molar-refractivity contribution in [2.45, 2.75) is 6.04 Å². The summed E-state index contributed by atoms with van der Waals surface area (Å²) >= 11 is 0. The summed E-state index contributed by atoms with van der Waals surface area (Å²) in [5.41, 5.74) is 6.58. The Bertz CT molecular complexity index is 1190. The van der Waals surface area contributed by atoms with Crippen molar-refractivity contribution < 1.29 is 0 Å². The molecular weight excluding hydrogens is 354 g/mol. The molecule has 0 fully saturated rings. The fourth-order valence-corrected chi connectivity index (χ4v) is 3.86. The summed E-state index contributed by atoms with van der Waals surface area (Å²) < 4.78 is 2.13. The summed E-state index contributed by atoms with van der Waals surface area (Å²) in [6.45, 7) is 0. The summed E-state index contributed by atoms with van der Waals surface area (Å²) in [7, 11) is 2.05. The van der Waals surface area contributed by atoms with Gasteiger partial charge in [0, 0.05) is 18.8 Å². The average Bonchev–Trinajstić information content (AvgIpc) is 2.98. The predicted octanol–water partition coefficient (Wildman–Crippen LogP) is 5.80. The fraction of sp³-hybridized carbons (Fsp3) is 0.0769. The first-order chi connectivity index (χ1) is 14.3. The van der Waals surface area contributed by atoms with Crippen molar-refractivity contribution in [1.29, 1.82) is 0 Å². The van der Waals surface area contributed by atoms with E-state index in [-0.39, 0.29) is 6.04 Å². The summed E-state index contributed by atoms with van der Waals surface area (Å²) in [6.07, 6.45) is 4.17. The molecule has 29 heavy (non-hydrogen) atoms. The zero-order valence-corrected chi connectivity index (χ0v) is 16.2. The molecule has 0 N–H and O–H groups in total. The van der Waals surface area contributed by atoms with Crippen molar-refractivity contribution in [1.82, 2.24) is 9.55 Å². The van der Waals surface area contributed by atoms with Gasteiger partial charge in [0.05, 0.1) is 11.4 Å². The van der Waals surface area contributed by atoms with Crippen LogP contribution in [-0.2, 0) is 7.05 Å². The molecule has 1 atom stereocenters. The molecule has 0 amide bonds. The van der Waals surface area contributed by atoms with Crippen molar-refractivity contribution in [3.63, 3.8) is 0 Å². The monoisotopic (exact) mass is 375 g/mol. The molecule has 0 aliphatic carbocycles. The molecule has 1 aliphatic heterocycles. The first kappa shape index (κ1) is 17.4. The van der Waals surface area contributed by atoms with Gasteiger partial charge in [0.15, 0.2) is 0 Å². The highest BCUT2D eigenvalue weighted by atomic mass is 15.1. The third-order valence-corrected chi connectivity index (χ3v) is 5.35. The van der Waals surface area contributed by atoms with E-state index < -0.39 is 0 Å². The summed E-state index contributed by atoms with van der Waals surface area (Å²) in [5, 5.41) is 0. The topological polar surface area (TPSA) is 30.2 Å². The number of hydrogen-bond donors (Lipinski definition) is 0. The number of rotatable bonds is 3. The lowest BCUT2D eigenvalue weighted by Crippen LogP contribution is -2.01. The smallest absolute Gasteiger partial charge is 0.140 e. The zero-order chi connectivity index (χ0) is 19.6. The summed E-state index contributed by atoms with van der Waals surface area (Å²) in [6, 6.07) is 31.1.